The molecular weight excluding hydrogens is 378 g/mol. The first kappa shape index (κ1) is 17.1. The normalized spacial score (nSPS) is 18.0. The molecule has 0 amide bonds. The van der Waals surface area contributed by atoms with Crippen LogP contribution in [0.1, 0.15) is 19.3 Å². The van der Waals surface area contributed by atoms with Crippen LogP contribution in [0, 0.1) is 5.92 Å². The van der Waals surface area contributed by atoms with E-state index < -0.39 is 10.0 Å². The molecule has 0 bridgehead atoms. The summed E-state index contributed by atoms with van der Waals surface area (Å²) in [6.07, 6.45) is 4.57. The van der Waals surface area contributed by atoms with Crippen molar-refractivity contribution in [3.8, 4) is 0 Å². The van der Waals surface area contributed by atoms with Gasteiger partial charge in [-0.1, -0.05) is 11.6 Å². The van der Waals surface area contributed by atoms with Gasteiger partial charge in [0.15, 0.2) is 0 Å². The molecule has 1 fully saturated rings. The minimum atomic E-state index is -3.61. The number of hydrogen-bond acceptors (Lipinski definition) is 4. The van der Waals surface area contributed by atoms with Crippen molar-refractivity contribution < 1.29 is 8.42 Å². The lowest BCUT2D eigenvalue weighted by atomic mass is 9.94. The molecule has 0 spiro atoms. The number of sulfonamides is 1. The highest BCUT2D eigenvalue weighted by Gasteiger charge is 2.21. The van der Waals surface area contributed by atoms with Crippen LogP contribution in [-0.2, 0) is 10.0 Å². The molecule has 2 rings (SSSR count). The van der Waals surface area contributed by atoms with Crippen LogP contribution in [0.25, 0.3) is 0 Å². The second-order valence-electron chi connectivity index (χ2n) is 5.38. The molecule has 1 aromatic heterocycles. The van der Waals surface area contributed by atoms with Crippen LogP contribution in [0.15, 0.2) is 21.6 Å². The van der Waals surface area contributed by atoms with Gasteiger partial charge in [0.1, 0.15) is 10.0 Å². The highest BCUT2D eigenvalue weighted by Crippen LogP contribution is 2.23. The molecule has 8 heteroatoms. The molecule has 1 N–H and O–H groups in total. The molecule has 21 heavy (non-hydrogen) atoms. The average Bonchev–Trinajstić information content (AvgIpc) is 2.43. The Kier molecular flexibility index (Phi) is 6.02. The van der Waals surface area contributed by atoms with E-state index in [1.54, 1.807) is 0 Å². The Labute approximate surface area is 139 Å². The van der Waals surface area contributed by atoms with E-state index in [0.717, 1.165) is 32.4 Å². The van der Waals surface area contributed by atoms with Gasteiger partial charge in [0.05, 0.1) is 0 Å². The second kappa shape index (κ2) is 7.37. The van der Waals surface area contributed by atoms with Gasteiger partial charge in [0, 0.05) is 17.2 Å². The van der Waals surface area contributed by atoms with Crippen LogP contribution >= 0.6 is 27.5 Å². The number of nitrogens with zero attached hydrogens (tertiary/aromatic N) is 2. The van der Waals surface area contributed by atoms with E-state index in [2.05, 4.69) is 37.6 Å². The summed E-state index contributed by atoms with van der Waals surface area (Å²) < 4.78 is 27.7. The van der Waals surface area contributed by atoms with E-state index in [1.807, 2.05) is 0 Å². The number of likely N-dealkylation sites (tertiary alicyclic amines) is 1. The summed E-state index contributed by atoms with van der Waals surface area (Å²) in [7, 11) is -1.50. The average molecular weight is 397 g/mol. The van der Waals surface area contributed by atoms with Gasteiger partial charge in [-0.05, 0) is 67.3 Å². The monoisotopic (exact) mass is 395 g/mol. The summed E-state index contributed by atoms with van der Waals surface area (Å²) in [6.45, 7) is 2.59. The van der Waals surface area contributed by atoms with Gasteiger partial charge in [0.25, 0.3) is 0 Å². The first-order chi connectivity index (χ1) is 9.88. The SMILES string of the molecule is CN1CCC(CCNS(=O)(=O)c2cc(Br)cnc2Cl)CC1. The third-order valence-corrected chi connectivity index (χ3v) is 6.07. The van der Waals surface area contributed by atoms with E-state index in [0.29, 0.717) is 16.9 Å². The Morgan fingerprint density at radius 2 is 2.14 bits per heavy atom. The zero-order valence-electron chi connectivity index (χ0n) is 11.8. The van der Waals surface area contributed by atoms with Gasteiger partial charge in [0.2, 0.25) is 10.0 Å². The predicted molar refractivity (Wildman–Crippen MR) is 87.0 cm³/mol. The maximum atomic E-state index is 12.2. The fourth-order valence-electron chi connectivity index (χ4n) is 2.42. The number of pyridine rings is 1. The van der Waals surface area contributed by atoms with Gasteiger partial charge in [-0.2, -0.15) is 0 Å². The van der Waals surface area contributed by atoms with Crippen molar-refractivity contribution in [2.75, 3.05) is 26.7 Å². The molecule has 0 atom stereocenters. The molecule has 0 unspecified atom stereocenters. The van der Waals surface area contributed by atoms with Crippen molar-refractivity contribution in [1.29, 1.82) is 0 Å². The van der Waals surface area contributed by atoms with E-state index >= 15 is 0 Å². The lowest BCUT2D eigenvalue weighted by Crippen LogP contribution is -2.32. The van der Waals surface area contributed by atoms with Crippen LogP contribution in [0.3, 0.4) is 0 Å². The first-order valence-corrected chi connectivity index (χ1v) is 9.53. The van der Waals surface area contributed by atoms with Crippen molar-refractivity contribution in [2.45, 2.75) is 24.2 Å². The lowest BCUT2D eigenvalue weighted by Gasteiger charge is -2.28. The zero-order chi connectivity index (χ0) is 15.5. The number of rotatable bonds is 5. The Balaban J connectivity index is 1.91. The van der Waals surface area contributed by atoms with Crippen molar-refractivity contribution >= 4 is 37.6 Å². The number of piperidine rings is 1. The van der Waals surface area contributed by atoms with Crippen LogP contribution in [0.2, 0.25) is 5.15 Å². The third kappa shape index (κ3) is 4.89. The van der Waals surface area contributed by atoms with Crippen molar-refractivity contribution in [2.24, 2.45) is 5.92 Å². The fourth-order valence-corrected chi connectivity index (χ4v) is 4.41. The summed E-state index contributed by atoms with van der Waals surface area (Å²) in [6, 6.07) is 1.47. The van der Waals surface area contributed by atoms with Gasteiger partial charge < -0.3 is 4.90 Å². The summed E-state index contributed by atoms with van der Waals surface area (Å²) in [5.41, 5.74) is 0. The summed E-state index contributed by atoms with van der Waals surface area (Å²) in [5, 5.41) is -0.00927. The largest absolute Gasteiger partial charge is 0.306 e. The van der Waals surface area contributed by atoms with Gasteiger partial charge in [-0.3, -0.25) is 0 Å². The number of halogens is 2. The zero-order valence-corrected chi connectivity index (χ0v) is 15.0. The Morgan fingerprint density at radius 1 is 1.48 bits per heavy atom. The first-order valence-electron chi connectivity index (χ1n) is 6.88. The summed E-state index contributed by atoms with van der Waals surface area (Å²) in [5.74, 6) is 0.583. The topological polar surface area (TPSA) is 62.3 Å². The van der Waals surface area contributed by atoms with E-state index in [4.69, 9.17) is 11.6 Å². The molecule has 5 nitrogen and oxygen atoms in total. The Hall–Kier alpha value is -0.210. The molecule has 1 aliphatic heterocycles. The Morgan fingerprint density at radius 3 is 2.81 bits per heavy atom. The van der Waals surface area contributed by atoms with Gasteiger partial charge in [-0.25, -0.2) is 18.1 Å². The van der Waals surface area contributed by atoms with Crippen LogP contribution in [-0.4, -0.2) is 45.0 Å². The molecule has 1 saturated heterocycles. The van der Waals surface area contributed by atoms with Crippen LogP contribution in [0.4, 0.5) is 0 Å². The van der Waals surface area contributed by atoms with Gasteiger partial charge >= 0.3 is 0 Å². The smallest absolute Gasteiger partial charge is 0.243 e. The molecule has 2 heterocycles. The molecule has 1 aliphatic rings. The van der Waals surface area contributed by atoms with E-state index in [1.165, 1.54) is 12.3 Å². The van der Waals surface area contributed by atoms with Crippen molar-refractivity contribution in [3.63, 3.8) is 0 Å². The summed E-state index contributed by atoms with van der Waals surface area (Å²) in [4.78, 5) is 6.16. The molecular formula is C13H19BrClN3O2S. The molecule has 0 aromatic carbocycles. The molecule has 0 radical (unpaired) electrons. The fraction of sp³-hybridized carbons (Fsp3) is 0.615. The maximum Gasteiger partial charge on any atom is 0.243 e. The maximum absolute atomic E-state index is 12.2. The van der Waals surface area contributed by atoms with Crippen molar-refractivity contribution in [1.82, 2.24) is 14.6 Å². The van der Waals surface area contributed by atoms with Crippen LogP contribution in [0.5, 0.6) is 0 Å². The van der Waals surface area contributed by atoms with E-state index in [9.17, 15) is 8.42 Å². The van der Waals surface area contributed by atoms with E-state index in [-0.39, 0.29) is 10.0 Å². The van der Waals surface area contributed by atoms with Crippen molar-refractivity contribution in [3.05, 3.63) is 21.9 Å². The molecule has 118 valence electrons. The molecule has 0 aliphatic carbocycles. The minimum absolute atomic E-state index is 0.00927. The highest BCUT2D eigenvalue weighted by atomic mass is 79.9. The Bertz CT molecular complexity index is 589. The summed E-state index contributed by atoms with van der Waals surface area (Å²) >= 11 is 9.07. The second-order valence-corrected chi connectivity index (χ2v) is 8.38. The lowest BCUT2D eigenvalue weighted by molar-refractivity contribution is 0.213. The predicted octanol–water partition coefficient (Wildman–Crippen LogP) is 2.51. The molecule has 1 aromatic rings. The quantitative estimate of drug-likeness (QED) is 0.777. The van der Waals surface area contributed by atoms with Gasteiger partial charge in [-0.15, -0.1) is 0 Å². The standard InChI is InChI=1S/C13H19BrClN3O2S/c1-18-6-3-10(4-7-18)2-5-17-21(19,20)12-8-11(14)9-16-13(12)15/h8-10,17H,2-7H2,1H3. The number of aromatic nitrogens is 1. The third-order valence-electron chi connectivity index (χ3n) is 3.75. The van der Waals surface area contributed by atoms with Crippen LogP contribution < -0.4 is 4.72 Å². The number of nitrogens with one attached hydrogen (secondary N) is 1. The molecule has 0 saturated carbocycles. The minimum Gasteiger partial charge on any atom is -0.306 e. The number of hydrogen-bond donors (Lipinski definition) is 1. The highest BCUT2D eigenvalue weighted by molar-refractivity contribution is 9.10.